The summed E-state index contributed by atoms with van der Waals surface area (Å²) in [7, 11) is 0. The molecule has 0 aromatic heterocycles. The fraction of sp³-hybridized carbons (Fsp3) is 0.714. The molecule has 0 nitrogen and oxygen atoms in total. The number of benzene rings is 1. The van der Waals surface area contributed by atoms with E-state index in [-0.39, 0.29) is 5.56 Å². The maximum atomic E-state index is 14.6. The van der Waals surface area contributed by atoms with E-state index in [0.717, 1.165) is 43.1 Å². The molecule has 2 aliphatic rings. The van der Waals surface area contributed by atoms with Crippen LogP contribution in [-0.2, 0) is 6.42 Å². The molecule has 2 saturated carbocycles. The lowest BCUT2D eigenvalue weighted by Gasteiger charge is -2.28. The molecule has 0 saturated heterocycles. The normalized spacial score (nSPS) is 26.8. The van der Waals surface area contributed by atoms with E-state index in [9.17, 15) is 8.78 Å². The summed E-state index contributed by atoms with van der Waals surface area (Å²) in [6.45, 7) is 4.50. The van der Waals surface area contributed by atoms with E-state index in [1.165, 1.54) is 76.3 Å². The average Bonchev–Trinajstić information content (AvgIpc) is 2.77. The molecule has 0 spiro atoms. The number of hydrogen-bond acceptors (Lipinski definition) is 0. The number of rotatable bonds is 7. The van der Waals surface area contributed by atoms with Crippen molar-refractivity contribution in [3.05, 3.63) is 34.9 Å². The largest absolute Gasteiger partial charge is 0.206 e. The first kappa shape index (κ1) is 23.3. The SMILES string of the molecule is CCCCC1CCC(CCc2cc(F)c(C#CC3CCC(CC)CC3)c(F)c2)CC1. The third-order valence-corrected chi connectivity index (χ3v) is 7.70. The lowest BCUT2D eigenvalue weighted by atomic mass is 9.78. The first-order valence-corrected chi connectivity index (χ1v) is 12.6. The number of aryl methyl sites for hydroxylation is 1. The Kier molecular flexibility index (Phi) is 9.23. The molecule has 0 amide bonds. The summed E-state index contributed by atoms with van der Waals surface area (Å²) in [5.41, 5.74) is 0.750. The first-order chi connectivity index (χ1) is 14.6. The molecule has 1 aromatic rings. The smallest absolute Gasteiger partial charge is 0.142 e. The first-order valence-electron chi connectivity index (χ1n) is 12.6. The number of halogens is 2. The summed E-state index contributed by atoms with van der Waals surface area (Å²) in [4.78, 5) is 0. The molecule has 30 heavy (non-hydrogen) atoms. The highest BCUT2D eigenvalue weighted by Gasteiger charge is 2.21. The predicted octanol–water partition coefficient (Wildman–Crippen LogP) is 8.46. The third-order valence-electron chi connectivity index (χ3n) is 7.70. The third kappa shape index (κ3) is 6.83. The van der Waals surface area contributed by atoms with Gasteiger partial charge in [0.25, 0.3) is 0 Å². The molecule has 0 N–H and O–H groups in total. The summed E-state index contributed by atoms with van der Waals surface area (Å²) in [6.07, 6.45) is 16.8. The van der Waals surface area contributed by atoms with E-state index < -0.39 is 11.6 Å². The molecule has 0 atom stereocenters. The van der Waals surface area contributed by atoms with Gasteiger partial charge in [0.15, 0.2) is 0 Å². The zero-order valence-corrected chi connectivity index (χ0v) is 19.1. The summed E-state index contributed by atoms with van der Waals surface area (Å²) in [5.74, 6) is 7.75. The highest BCUT2D eigenvalue weighted by atomic mass is 19.1. The number of unbranched alkanes of at least 4 members (excludes halogenated alkanes) is 1. The monoisotopic (exact) mass is 414 g/mol. The Morgan fingerprint density at radius 1 is 0.800 bits per heavy atom. The Hall–Kier alpha value is -1.36. The minimum atomic E-state index is -0.483. The van der Waals surface area contributed by atoms with Gasteiger partial charge in [0.1, 0.15) is 11.6 Å². The van der Waals surface area contributed by atoms with Gasteiger partial charge >= 0.3 is 0 Å². The van der Waals surface area contributed by atoms with Crippen LogP contribution < -0.4 is 0 Å². The highest BCUT2D eigenvalue weighted by Crippen LogP contribution is 2.34. The Balaban J connectivity index is 1.50. The van der Waals surface area contributed by atoms with Crippen LogP contribution in [0.15, 0.2) is 12.1 Å². The van der Waals surface area contributed by atoms with Gasteiger partial charge in [-0.2, -0.15) is 0 Å². The second kappa shape index (κ2) is 11.9. The Morgan fingerprint density at radius 2 is 1.37 bits per heavy atom. The summed E-state index contributed by atoms with van der Waals surface area (Å²) in [6, 6.07) is 3.04. The van der Waals surface area contributed by atoms with E-state index in [2.05, 4.69) is 25.7 Å². The molecule has 0 aliphatic heterocycles. The fourth-order valence-corrected chi connectivity index (χ4v) is 5.45. The summed E-state index contributed by atoms with van der Waals surface area (Å²) >= 11 is 0. The summed E-state index contributed by atoms with van der Waals surface area (Å²) in [5, 5.41) is 0. The maximum absolute atomic E-state index is 14.6. The van der Waals surface area contributed by atoms with Gasteiger partial charge in [-0.1, -0.05) is 77.1 Å². The molecule has 2 heteroatoms. The van der Waals surface area contributed by atoms with Gasteiger partial charge < -0.3 is 0 Å². The van der Waals surface area contributed by atoms with Gasteiger partial charge in [-0.15, -0.1) is 0 Å². The standard InChI is InChI=1S/C28H40F2/c1-3-5-6-22-11-13-23(14-12-22)15-16-25-19-27(29)26(28(30)20-25)18-17-24-9-7-21(4-2)8-10-24/h19-24H,3-16H2,1-2H3. The van der Waals surface area contributed by atoms with Gasteiger partial charge in [0, 0.05) is 5.92 Å². The Labute approximate surface area is 183 Å². The van der Waals surface area contributed by atoms with Crippen LogP contribution >= 0.6 is 0 Å². The molecule has 2 fully saturated rings. The van der Waals surface area contributed by atoms with Crippen molar-refractivity contribution in [2.45, 2.75) is 104 Å². The second-order valence-electron chi connectivity index (χ2n) is 9.90. The van der Waals surface area contributed by atoms with E-state index in [1.54, 1.807) is 0 Å². The van der Waals surface area contributed by atoms with Crippen molar-refractivity contribution in [2.24, 2.45) is 23.7 Å². The van der Waals surface area contributed by atoms with Crippen molar-refractivity contribution in [2.75, 3.05) is 0 Å². The molecule has 0 unspecified atom stereocenters. The van der Waals surface area contributed by atoms with E-state index in [1.807, 2.05) is 0 Å². The van der Waals surface area contributed by atoms with Crippen molar-refractivity contribution in [3.8, 4) is 11.8 Å². The van der Waals surface area contributed by atoms with Crippen LogP contribution in [0.5, 0.6) is 0 Å². The van der Waals surface area contributed by atoms with Crippen LogP contribution in [0.1, 0.15) is 108 Å². The van der Waals surface area contributed by atoms with Crippen LogP contribution in [-0.4, -0.2) is 0 Å². The van der Waals surface area contributed by atoms with Gasteiger partial charge in [-0.3, -0.25) is 0 Å². The van der Waals surface area contributed by atoms with Gasteiger partial charge in [0.2, 0.25) is 0 Å². The van der Waals surface area contributed by atoms with Crippen molar-refractivity contribution in [1.82, 2.24) is 0 Å². The van der Waals surface area contributed by atoms with E-state index >= 15 is 0 Å². The molecule has 0 heterocycles. The highest BCUT2D eigenvalue weighted by molar-refractivity contribution is 5.39. The molecule has 0 bridgehead atoms. The van der Waals surface area contributed by atoms with Crippen molar-refractivity contribution in [1.29, 1.82) is 0 Å². The van der Waals surface area contributed by atoms with E-state index in [4.69, 9.17) is 0 Å². The van der Waals surface area contributed by atoms with Gasteiger partial charge in [0.05, 0.1) is 5.56 Å². The van der Waals surface area contributed by atoms with Gasteiger partial charge in [-0.05, 0) is 74.0 Å². The zero-order chi connectivity index (χ0) is 21.3. The molecule has 0 radical (unpaired) electrons. The molecule has 1 aromatic carbocycles. The lowest BCUT2D eigenvalue weighted by molar-refractivity contribution is 0.250. The molecular weight excluding hydrogens is 374 g/mol. The van der Waals surface area contributed by atoms with Crippen LogP contribution in [0.4, 0.5) is 8.78 Å². The van der Waals surface area contributed by atoms with Crippen LogP contribution in [0, 0.1) is 47.1 Å². The minimum absolute atomic E-state index is 0.0344. The number of hydrogen-bond donors (Lipinski definition) is 0. The van der Waals surface area contributed by atoms with Crippen molar-refractivity contribution < 1.29 is 8.78 Å². The van der Waals surface area contributed by atoms with Crippen molar-refractivity contribution in [3.63, 3.8) is 0 Å². The zero-order valence-electron chi connectivity index (χ0n) is 19.1. The lowest BCUT2D eigenvalue weighted by Crippen LogP contribution is -2.15. The van der Waals surface area contributed by atoms with Gasteiger partial charge in [-0.25, -0.2) is 8.78 Å². The Morgan fingerprint density at radius 3 is 1.93 bits per heavy atom. The average molecular weight is 415 g/mol. The topological polar surface area (TPSA) is 0 Å². The molecule has 2 aliphatic carbocycles. The van der Waals surface area contributed by atoms with Crippen LogP contribution in [0.3, 0.4) is 0 Å². The maximum Gasteiger partial charge on any atom is 0.142 e. The van der Waals surface area contributed by atoms with Crippen LogP contribution in [0.25, 0.3) is 0 Å². The molecule has 3 rings (SSSR count). The summed E-state index contributed by atoms with van der Waals surface area (Å²) < 4.78 is 29.1. The van der Waals surface area contributed by atoms with Crippen LogP contribution in [0.2, 0.25) is 0 Å². The predicted molar refractivity (Wildman–Crippen MR) is 122 cm³/mol. The quantitative estimate of drug-likeness (QED) is 0.393. The fourth-order valence-electron chi connectivity index (χ4n) is 5.45. The minimum Gasteiger partial charge on any atom is -0.206 e. The molecular formula is C28H40F2. The molecule has 166 valence electrons. The van der Waals surface area contributed by atoms with E-state index in [0.29, 0.717) is 11.8 Å². The van der Waals surface area contributed by atoms with Crippen molar-refractivity contribution >= 4 is 0 Å². The second-order valence-corrected chi connectivity index (χ2v) is 9.90. The Bertz CT molecular complexity index is 687.